The van der Waals surface area contributed by atoms with Crippen LogP contribution in [0.5, 0.6) is 0 Å². The van der Waals surface area contributed by atoms with Gasteiger partial charge in [0.25, 0.3) is 5.91 Å². The summed E-state index contributed by atoms with van der Waals surface area (Å²) in [5.74, 6) is 0.594. The van der Waals surface area contributed by atoms with Gasteiger partial charge in [-0.1, -0.05) is 6.07 Å². The highest BCUT2D eigenvalue weighted by Crippen LogP contribution is 2.18. The monoisotopic (exact) mass is 259 g/mol. The molecule has 0 radical (unpaired) electrons. The van der Waals surface area contributed by atoms with Gasteiger partial charge in [0.05, 0.1) is 6.20 Å². The first-order valence-corrected chi connectivity index (χ1v) is 6.06. The standard InChI is InChI=1S/C13H17N5O/c1-8(2)18-11(14)10(7-16-18)13(19)17-12-9(3)5-4-6-15-12/h4-8H,14H2,1-3H3,(H,15,17,19). The van der Waals surface area contributed by atoms with E-state index in [1.165, 1.54) is 6.20 Å². The van der Waals surface area contributed by atoms with Crippen molar-refractivity contribution in [3.05, 3.63) is 35.7 Å². The minimum absolute atomic E-state index is 0.109. The summed E-state index contributed by atoms with van der Waals surface area (Å²) in [6.45, 7) is 5.78. The van der Waals surface area contributed by atoms with Crippen LogP contribution in [-0.2, 0) is 0 Å². The third-order valence-electron chi connectivity index (χ3n) is 2.81. The van der Waals surface area contributed by atoms with Crippen molar-refractivity contribution in [1.82, 2.24) is 14.8 Å². The summed E-state index contributed by atoms with van der Waals surface area (Å²) in [5.41, 5.74) is 7.17. The summed E-state index contributed by atoms with van der Waals surface area (Å²) in [7, 11) is 0. The Labute approximate surface area is 111 Å². The van der Waals surface area contributed by atoms with Crippen molar-refractivity contribution in [3.63, 3.8) is 0 Å². The van der Waals surface area contributed by atoms with Gasteiger partial charge in [-0.25, -0.2) is 9.67 Å². The third kappa shape index (κ3) is 2.57. The zero-order valence-corrected chi connectivity index (χ0v) is 11.2. The van der Waals surface area contributed by atoms with E-state index in [9.17, 15) is 4.79 Å². The van der Waals surface area contributed by atoms with Crippen molar-refractivity contribution in [2.75, 3.05) is 11.1 Å². The number of aryl methyl sites for hydroxylation is 1. The van der Waals surface area contributed by atoms with Gasteiger partial charge >= 0.3 is 0 Å². The maximum atomic E-state index is 12.1. The second kappa shape index (κ2) is 5.09. The lowest BCUT2D eigenvalue weighted by atomic mass is 10.2. The molecule has 2 rings (SSSR count). The highest BCUT2D eigenvalue weighted by atomic mass is 16.1. The second-order valence-corrected chi connectivity index (χ2v) is 4.60. The molecule has 2 heterocycles. The van der Waals surface area contributed by atoms with Crippen molar-refractivity contribution in [2.24, 2.45) is 0 Å². The fourth-order valence-electron chi connectivity index (χ4n) is 1.75. The van der Waals surface area contributed by atoms with Crippen molar-refractivity contribution < 1.29 is 4.79 Å². The Bertz CT molecular complexity index is 603. The van der Waals surface area contributed by atoms with Gasteiger partial charge in [0.15, 0.2) is 0 Å². The molecule has 6 nitrogen and oxygen atoms in total. The number of nitrogens with zero attached hydrogens (tertiary/aromatic N) is 3. The number of nitrogens with one attached hydrogen (secondary N) is 1. The molecule has 0 unspecified atom stereocenters. The second-order valence-electron chi connectivity index (χ2n) is 4.60. The van der Waals surface area contributed by atoms with Gasteiger partial charge in [-0.2, -0.15) is 5.10 Å². The molecule has 0 aromatic carbocycles. The first-order valence-electron chi connectivity index (χ1n) is 6.06. The minimum atomic E-state index is -0.300. The Morgan fingerprint density at radius 3 is 2.79 bits per heavy atom. The summed E-state index contributed by atoms with van der Waals surface area (Å²) < 4.78 is 1.61. The van der Waals surface area contributed by atoms with E-state index in [1.807, 2.05) is 32.9 Å². The Morgan fingerprint density at radius 2 is 2.21 bits per heavy atom. The van der Waals surface area contributed by atoms with E-state index in [2.05, 4.69) is 15.4 Å². The van der Waals surface area contributed by atoms with E-state index in [0.717, 1.165) is 5.56 Å². The number of nitrogen functional groups attached to an aromatic ring is 1. The van der Waals surface area contributed by atoms with Crippen LogP contribution < -0.4 is 11.1 Å². The van der Waals surface area contributed by atoms with Crippen LogP contribution in [0, 0.1) is 6.92 Å². The van der Waals surface area contributed by atoms with Crippen LogP contribution in [0.15, 0.2) is 24.5 Å². The number of hydrogen-bond acceptors (Lipinski definition) is 4. The molecule has 0 saturated heterocycles. The van der Waals surface area contributed by atoms with Crippen molar-refractivity contribution >= 4 is 17.5 Å². The summed E-state index contributed by atoms with van der Waals surface area (Å²) in [5, 5.41) is 6.85. The number of carbonyl (C=O) groups excluding carboxylic acids is 1. The molecular weight excluding hydrogens is 242 g/mol. The maximum Gasteiger partial charge on any atom is 0.262 e. The summed E-state index contributed by atoms with van der Waals surface area (Å²) in [4.78, 5) is 16.3. The van der Waals surface area contributed by atoms with Crippen LogP contribution in [-0.4, -0.2) is 20.7 Å². The quantitative estimate of drug-likeness (QED) is 0.882. The fraction of sp³-hybridized carbons (Fsp3) is 0.308. The molecule has 6 heteroatoms. The molecule has 0 bridgehead atoms. The zero-order chi connectivity index (χ0) is 14.0. The van der Waals surface area contributed by atoms with Crippen LogP contribution >= 0.6 is 0 Å². The molecule has 0 saturated carbocycles. The van der Waals surface area contributed by atoms with Gasteiger partial charge in [0.1, 0.15) is 17.2 Å². The number of aromatic nitrogens is 3. The predicted molar refractivity (Wildman–Crippen MR) is 74.0 cm³/mol. The molecular formula is C13H17N5O. The van der Waals surface area contributed by atoms with Gasteiger partial charge < -0.3 is 11.1 Å². The highest BCUT2D eigenvalue weighted by molar-refractivity contribution is 6.06. The van der Waals surface area contributed by atoms with Gasteiger partial charge in [-0.15, -0.1) is 0 Å². The zero-order valence-electron chi connectivity index (χ0n) is 11.2. The largest absolute Gasteiger partial charge is 0.383 e. The SMILES string of the molecule is Cc1cccnc1NC(=O)c1cnn(C(C)C)c1N. The number of anilines is 2. The fourth-order valence-corrected chi connectivity index (χ4v) is 1.75. The lowest BCUT2D eigenvalue weighted by Gasteiger charge is -2.09. The first kappa shape index (κ1) is 13.1. The number of hydrogen-bond donors (Lipinski definition) is 2. The van der Waals surface area contributed by atoms with Crippen LogP contribution in [0.25, 0.3) is 0 Å². The van der Waals surface area contributed by atoms with Crippen molar-refractivity contribution in [2.45, 2.75) is 26.8 Å². The molecule has 2 aromatic heterocycles. The Kier molecular flexibility index (Phi) is 3.50. The third-order valence-corrected chi connectivity index (χ3v) is 2.81. The highest BCUT2D eigenvalue weighted by Gasteiger charge is 2.17. The van der Waals surface area contributed by atoms with Gasteiger partial charge in [-0.3, -0.25) is 4.79 Å². The molecule has 0 spiro atoms. The molecule has 3 N–H and O–H groups in total. The normalized spacial score (nSPS) is 10.7. The van der Waals surface area contributed by atoms with E-state index in [-0.39, 0.29) is 11.9 Å². The van der Waals surface area contributed by atoms with E-state index < -0.39 is 0 Å². The Balaban J connectivity index is 2.24. The van der Waals surface area contributed by atoms with Gasteiger partial charge in [-0.05, 0) is 32.4 Å². The number of carbonyl (C=O) groups is 1. The molecule has 0 aliphatic rings. The van der Waals surface area contributed by atoms with E-state index in [1.54, 1.807) is 10.9 Å². The van der Waals surface area contributed by atoms with Crippen LogP contribution in [0.4, 0.5) is 11.6 Å². The summed E-state index contributed by atoms with van der Waals surface area (Å²) in [6, 6.07) is 3.80. The van der Waals surface area contributed by atoms with Crippen molar-refractivity contribution in [3.8, 4) is 0 Å². The molecule has 0 aliphatic carbocycles. The topological polar surface area (TPSA) is 85.8 Å². The molecule has 2 aromatic rings. The number of pyridine rings is 1. The number of amides is 1. The van der Waals surface area contributed by atoms with Crippen LogP contribution in [0.1, 0.15) is 35.8 Å². The van der Waals surface area contributed by atoms with E-state index >= 15 is 0 Å². The minimum Gasteiger partial charge on any atom is -0.383 e. The Hall–Kier alpha value is -2.37. The molecule has 0 aliphatic heterocycles. The lowest BCUT2D eigenvalue weighted by Crippen LogP contribution is -2.16. The number of rotatable bonds is 3. The molecule has 1 amide bonds. The summed E-state index contributed by atoms with van der Waals surface area (Å²) in [6.07, 6.45) is 3.10. The molecule has 0 fully saturated rings. The average molecular weight is 259 g/mol. The van der Waals surface area contributed by atoms with Crippen LogP contribution in [0.2, 0.25) is 0 Å². The van der Waals surface area contributed by atoms with Gasteiger partial charge in [0.2, 0.25) is 0 Å². The summed E-state index contributed by atoms with van der Waals surface area (Å²) >= 11 is 0. The smallest absolute Gasteiger partial charge is 0.262 e. The van der Waals surface area contributed by atoms with E-state index in [0.29, 0.717) is 17.2 Å². The average Bonchev–Trinajstić information content (AvgIpc) is 2.74. The van der Waals surface area contributed by atoms with Gasteiger partial charge in [0, 0.05) is 12.2 Å². The molecule has 19 heavy (non-hydrogen) atoms. The maximum absolute atomic E-state index is 12.1. The molecule has 100 valence electrons. The number of nitrogens with two attached hydrogens (primary N) is 1. The van der Waals surface area contributed by atoms with E-state index in [4.69, 9.17) is 5.73 Å². The molecule has 0 atom stereocenters. The van der Waals surface area contributed by atoms with Crippen LogP contribution in [0.3, 0.4) is 0 Å². The predicted octanol–water partition coefficient (Wildman–Crippen LogP) is 2.00. The van der Waals surface area contributed by atoms with Crippen molar-refractivity contribution in [1.29, 1.82) is 0 Å². The lowest BCUT2D eigenvalue weighted by molar-refractivity contribution is 0.102. The Morgan fingerprint density at radius 1 is 1.47 bits per heavy atom. The first-order chi connectivity index (χ1) is 9.00.